The fraction of sp³-hybridized carbons (Fsp3) is 0.176. The van der Waals surface area contributed by atoms with Crippen molar-refractivity contribution in [1.82, 2.24) is 9.38 Å². The highest BCUT2D eigenvalue weighted by molar-refractivity contribution is 6.30. The quantitative estimate of drug-likeness (QED) is 0.701. The molecule has 0 bridgehead atoms. The lowest BCUT2D eigenvalue weighted by molar-refractivity contribution is -0.136. The molecule has 0 saturated carbocycles. The summed E-state index contributed by atoms with van der Waals surface area (Å²) in [5.74, 6) is -0.555. The summed E-state index contributed by atoms with van der Waals surface area (Å²) in [4.78, 5) is 15.4. The topological polar surface area (TPSA) is 79.3 Å². The summed E-state index contributed by atoms with van der Waals surface area (Å²) < 4.78 is 1.75. The minimum Gasteiger partial charge on any atom is -0.481 e. The predicted octanol–water partition coefficient (Wildman–Crippen LogP) is 4.65. The van der Waals surface area contributed by atoms with Crippen LogP contribution in [0.25, 0.3) is 5.65 Å². The minimum absolute atomic E-state index is 0.219. The van der Waals surface area contributed by atoms with E-state index >= 15 is 0 Å². The number of hydrogen-bond donors (Lipinski definition) is 1. The van der Waals surface area contributed by atoms with Crippen LogP contribution >= 0.6 is 11.6 Å². The molecule has 1 aromatic carbocycles. The lowest BCUT2D eigenvalue weighted by atomic mass is 10.2. The van der Waals surface area contributed by atoms with Crippen LogP contribution in [0.5, 0.6) is 0 Å². The molecule has 3 aromatic rings. The average molecular weight is 343 g/mol. The van der Waals surface area contributed by atoms with Crippen molar-refractivity contribution >= 4 is 34.7 Å². The van der Waals surface area contributed by atoms with Crippen LogP contribution in [-0.2, 0) is 11.2 Å². The first-order chi connectivity index (χ1) is 11.4. The Kier molecular flexibility index (Phi) is 4.31. The largest absolute Gasteiger partial charge is 0.481 e. The summed E-state index contributed by atoms with van der Waals surface area (Å²) in [6.07, 6.45) is 1.64. The van der Waals surface area contributed by atoms with Gasteiger partial charge in [0.25, 0.3) is 0 Å². The number of halogens is 1. The number of carboxylic acid groups (broad SMARTS) is 1. The number of hydrogen-bond acceptors (Lipinski definition) is 4. The highest BCUT2D eigenvalue weighted by atomic mass is 35.5. The van der Waals surface area contributed by atoms with Crippen LogP contribution < -0.4 is 0 Å². The van der Waals surface area contributed by atoms with Gasteiger partial charge in [-0.3, -0.25) is 9.20 Å². The SMILES string of the molecule is Cc1ccc2nc(CC(=O)O)c(N=Nc3cc(Cl)ccc3C)n2c1. The minimum atomic E-state index is -0.967. The van der Waals surface area contributed by atoms with Crippen LogP contribution in [0, 0.1) is 13.8 Å². The van der Waals surface area contributed by atoms with Gasteiger partial charge in [-0.1, -0.05) is 23.7 Å². The Hall–Kier alpha value is -2.73. The second-order valence-electron chi connectivity index (χ2n) is 5.52. The van der Waals surface area contributed by atoms with Crippen LogP contribution in [0.15, 0.2) is 46.8 Å². The second-order valence-corrected chi connectivity index (χ2v) is 5.95. The Balaban J connectivity index is 2.12. The van der Waals surface area contributed by atoms with Gasteiger partial charge in [0.05, 0.1) is 17.8 Å². The molecular formula is C17H15ClN4O2. The molecule has 0 amide bonds. The van der Waals surface area contributed by atoms with Gasteiger partial charge in [-0.15, -0.1) is 10.2 Å². The number of azo groups is 1. The monoisotopic (exact) mass is 342 g/mol. The van der Waals surface area contributed by atoms with E-state index < -0.39 is 5.97 Å². The molecule has 0 aliphatic heterocycles. The van der Waals surface area contributed by atoms with E-state index in [1.165, 1.54) is 0 Å². The first-order valence-electron chi connectivity index (χ1n) is 7.31. The van der Waals surface area contributed by atoms with Crippen LogP contribution in [0.1, 0.15) is 16.8 Å². The Bertz CT molecular complexity index is 963. The first kappa shape index (κ1) is 16.1. The number of nitrogens with zero attached hydrogens (tertiary/aromatic N) is 4. The number of benzene rings is 1. The maximum Gasteiger partial charge on any atom is 0.309 e. The standard InChI is InChI=1S/C17H15ClN4O2/c1-10-3-6-15-19-14(8-16(23)24)17(22(15)9-10)21-20-13-7-12(18)5-4-11(13)2/h3-7,9H,8H2,1-2H3,(H,23,24). The molecule has 3 rings (SSSR count). The number of pyridine rings is 1. The van der Waals surface area contributed by atoms with E-state index in [4.69, 9.17) is 16.7 Å². The Morgan fingerprint density at radius 3 is 2.79 bits per heavy atom. The van der Waals surface area contributed by atoms with Gasteiger partial charge in [0, 0.05) is 11.2 Å². The third-order valence-corrected chi connectivity index (χ3v) is 3.79. The Morgan fingerprint density at radius 1 is 1.25 bits per heavy atom. The lowest BCUT2D eigenvalue weighted by Crippen LogP contribution is -2.00. The van der Waals surface area contributed by atoms with Gasteiger partial charge in [-0.05, 0) is 43.2 Å². The van der Waals surface area contributed by atoms with E-state index in [1.807, 2.05) is 38.2 Å². The van der Waals surface area contributed by atoms with Gasteiger partial charge >= 0.3 is 5.97 Å². The van der Waals surface area contributed by atoms with Crippen molar-refractivity contribution in [2.75, 3.05) is 0 Å². The first-order valence-corrected chi connectivity index (χ1v) is 7.69. The molecule has 6 nitrogen and oxygen atoms in total. The van der Waals surface area contributed by atoms with Gasteiger partial charge in [-0.2, -0.15) is 0 Å². The predicted molar refractivity (Wildman–Crippen MR) is 91.6 cm³/mol. The number of imidazole rings is 1. The zero-order chi connectivity index (χ0) is 17.3. The number of rotatable bonds is 4. The summed E-state index contributed by atoms with van der Waals surface area (Å²) in [5, 5.41) is 18.2. The number of aromatic nitrogens is 2. The molecule has 0 radical (unpaired) electrons. The molecule has 0 spiro atoms. The highest BCUT2D eigenvalue weighted by Crippen LogP contribution is 2.28. The van der Waals surface area contributed by atoms with E-state index in [-0.39, 0.29) is 6.42 Å². The maximum absolute atomic E-state index is 11.1. The van der Waals surface area contributed by atoms with Crippen molar-refractivity contribution in [1.29, 1.82) is 0 Å². The molecule has 0 saturated heterocycles. The Morgan fingerprint density at radius 2 is 2.04 bits per heavy atom. The molecule has 0 aliphatic rings. The van der Waals surface area contributed by atoms with E-state index in [2.05, 4.69) is 15.2 Å². The summed E-state index contributed by atoms with van der Waals surface area (Å²) >= 11 is 6.00. The van der Waals surface area contributed by atoms with Crippen LogP contribution in [0.2, 0.25) is 5.02 Å². The van der Waals surface area contributed by atoms with Crippen molar-refractivity contribution in [2.24, 2.45) is 10.2 Å². The van der Waals surface area contributed by atoms with Gasteiger partial charge in [-0.25, -0.2) is 4.98 Å². The van der Waals surface area contributed by atoms with Gasteiger partial charge in [0.1, 0.15) is 5.65 Å². The molecule has 0 fully saturated rings. The van der Waals surface area contributed by atoms with Crippen molar-refractivity contribution < 1.29 is 9.90 Å². The molecule has 24 heavy (non-hydrogen) atoms. The number of carboxylic acids is 1. The number of aliphatic carboxylic acids is 1. The number of carbonyl (C=O) groups is 1. The molecule has 122 valence electrons. The molecule has 7 heteroatoms. The second kappa shape index (κ2) is 6.41. The molecular weight excluding hydrogens is 328 g/mol. The fourth-order valence-electron chi connectivity index (χ4n) is 2.35. The van der Waals surface area contributed by atoms with E-state index in [9.17, 15) is 4.79 Å². The van der Waals surface area contributed by atoms with Gasteiger partial charge in [0.15, 0.2) is 5.82 Å². The number of aryl methyl sites for hydroxylation is 2. The Labute approximate surface area is 143 Å². The molecule has 0 atom stereocenters. The lowest BCUT2D eigenvalue weighted by Gasteiger charge is -2.01. The average Bonchev–Trinajstić information content (AvgIpc) is 2.84. The van der Waals surface area contributed by atoms with E-state index in [0.29, 0.717) is 27.9 Å². The van der Waals surface area contributed by atoms with Crippen molar-refractivity contribution in [3.8, 4) is 0 Å². The van der Waals surface area contributed by atoms with Gasteiger partial charge in [0.2, 0.25) is 0 Å². The third kappa shape index (κ3) is 3.28. The van der Waals surface area contributed by atoms with E-state index in [1.54, 1.807) is 16.5 Å². The number of fused-ring (bicyclic) bond motifs is 1. The van der Waals surface area contributed by atoms with Crippen LogP contribution in [0.3, 0.4) is 0 Å². The molecule has 2 aromatic heterocycles. The van der Waals surface area contributed by atoms with Crippen molar-refractivity contribution in [3.05, 3.63) is 58.4 Å². The normalized spacial score (nSPS) is 11.5. The maximum atomic E-state index is 11.1. The highest BCUT2D eigenvalue weighted by Gasteiger charge is 2.15. The summed E-state index contributed by atoms with van der Waals surface area (Å²) in [6.45, 7) is 3.85. The molecule has 0 aliphatic carbocycles. The van der Waals surface area contributed by atoms with Crippen molar-refractivity contribution in [2.45, 2.75) is 20.3 Å². The molecule has 2 heterocycles. The van der Waals surface area contributed by atoms with Gasteiger partial charge < -0.3 is 5.11 Å². The van der Waals surface area contributed by atoms with E-state index in [0.717, 1.165) is 11.1 Å². The van der Waals surface area contributed by atoms with Crippen LogP contribution in [-0.4, -0.2) is 20.5 Å². The summed E-state index contributed by atoms with van der Waals surface area (Å²) in [7, 11) is 0. The van der Waals surface area contributed by atoms with Crippen LogP contribution in [0.4, 0.5) is 11.5 Å². The summed E-state index contributed by atoms with van der Waals surface area (Å²) in [5.41, 5.74) is 3.57. The zero-order valence-electron chi connectivity index (χ0n) is 13.2. The fourth-order valence-corrected chi connectivity index (χ4v) is 2.51. The molecule has 0 unspecified atom stereocenters. The molecule has 1 N–H and O–H groups in total. The zero-order valence-corrected chi connectivity index (χ0v) is 13.9. The third-order valence-electron chi connectivity index (χ3n) is 3.55. The van der Waals surface area contributed by atoms with Crippen molar-refractivity contribution in [3.63, 3.8) is 0 Å². The summed E-state index contributed by atoms with van der Waals surface area (Å²) in [6, 6.07) is 9.09. The smallest absolute Gasteiger partial charge is 0.309 e.